The summed E-state index contributed by atoms with van der Waals surface area (Å²) in [5.41, 5.74) is 4.51. The Bertz CT molecular complexity index is 1420. The van der Waals surface area contributed by atoms with E-state index in [1.165, 1.54) is 58.5 Å². The minimum Gasteiger partial charge on any atom is -0.467 e. The van der Waals surface area contributed by atoms with Crippen LogP contribution in [0.25, 0.3) is 11.1 Å². The van der Waals surface area contributed by atoms with Gasteiger partial charge in [-0.15, -0.1) is 0 Å². The molecule has 4 bridgehead atoms. The van der Waals surface area contributed by atoms with E-state index < -0.39 is 12.0 Å². The molecule has 2 aromatic rings. The van der Waals surface area contributed by atoms with Gasteiger partial charge in [-0.25, -0.2) is 9.59 Å². The van der Waals surface area contributed by atoms with E-state index in [-0.39, 0.29) is 17.5 Å². The van der Waals surface area contributed by atoms with Gasteiger partial charge in [0.2, 0.25) is 0 Å². The van der Waals surface area contributed by atoms with Gasteiger partial charge in [0, 0.05) is 24.2 Å². The van der Waals surface area contributed by atoms with E-state index in [2.05, 4.69) is 34.6 Å². The van der Waals surface area contributed by atoms with Crippen molar-refractivity contribution in [3.8, 4) is 11.1 Å². The zero-order valence-corrected chi connectivity index (χ0v) is 30.0. The number of ether oxygens (including phenoxy) is 1. The Kier molecular flexibility index (Phi) is 11.4. The summed E-state index contributed by atoms with van der Waals surface area (Å²) in [7, 11) is 1.36. The van der Waals surface area contributed by atoms with Crippen molar-refractivity contribution in [3.63, 3.8) is 0 Å². The smallest absolute Gasteiger partial charge is 0.328 e. The van der Waals surface area contributed by atoms with E-state index >= 15 is 0 Å². The lowest BCUT2D eigenvalue weighted by atomic mass is 9.53. The SMILES string of the molecule is COC(=O)C(CCSC)NC(=O)c1ccc(CCN(CC2CCCCC2)C(=O)NC23CC4CC(CC(C4)C2)C3)cc1-c1ccccc1C. The quantitative estimate of drug-likeness (QED) is 0.212. The molecule has 5 saturated carbocycles. The molecule has 5 aliphatic carbocycles. The van der Waals surface area contributed by atoms with Crippen LogP contribution < -0.4 is 10.6 Å². The standard InChI is InChI=1S/C40H55N3O4S/c1-27-9-7-8-12-33(27)35-22-28(13-14-34(35)37(44)41-36(16-18-48-3)38(45)47-2)15-17-43(26-29-10-5-4-6-11-29)39(46)42-40-23-30-19-31(24-40)21-32(20-30)25-40/h7-9,12-14,22,29-32,36H,4-6,10-11,15-21,23-26H2,1-3H3,(H,41,44)(H,42,46). The number of hydrogen-bond donors (Lipinski definition) is 2. The fraction of sp³-hybridized carbons (Fsp3) is 0.625. The number of rotatable bonds is 13. The summed E-state index contributed by atoms with van der Waals surface area (Å²) in [6.07, 6.45) is 16.9. The molecule has 0 heterocycles. The Morgan fingerprint density at radius 1 is 0.958 bits per heavy atom. The van der Waals surface area contributed by atoms with Crippen LogP contribution >= 0.6 is 11.8 Å². The number of methoxy groups -OCH3 is 1. The number of nitrogens with zero attached hydrogens (tertiary/aromatic N) is 1. The Balaban J connectivity index is 1.22. The highest BCUT2D eigenvalue weighted by Crippen LogP contribution is 2.55. The minimum atomic E-state index is -0.708. The van der Waals surface area contributed by atoms with Crippen LogP contribution in [0.2, 0.25) is 0 Å². The van der Waals surface area contributed by atoms with Gasteiger partial charge in [0.05, 0.1) is 7.11 Å². The fourth-order valence-electron chi connectivity index (χ4n) is 9.70. The van der Waals surface area contributed by atoms with E-state index in [4.69, 9.17) is 4.74 Å². The average Bonchev–Trinajstić information content (AvgIpc) is 3.07. The molecule has 7 nitrogen and oxygen atoms in total. The lowest BCUT2D eigenvalue weighted by Gasteiger charge is -2.57. The first-order valence-electron chi connectivity index (χ1n) is 18.4. The summed E-state index contributed by atoms with van der Waals surface area (Å²) < 4.78 is 5.00. The molecule has 0 saturated heterocycles. The number of carbonyl (C=O) groups is 3. The van der Waals surface area contributed by atoms with Crippen LogP contribution in [0.5, 0.6) is 0 Å². The van der Waals surface area contributed by atoms with Crippen molar-refractivity contribution in [3.05, 3.63) is 59.2 Å². The van der Waals surface area contributed by atoms with Crippen LogP contribution in [0, 0.1) is 30.6 Å². The molecule has 2 N–H and O–H groups in total. The molecule has 5 fully saturated rings. The lowest BCUT2D eigenvalue weighted by molar-refractivity contribution is -0.142. The third kappa shape index (κ3) is 8.23. The third-order valence-corrected chi connectivity index (χ3v) is 12.4. The van der Waals surface area contributed by atoms with Gasteiger partial charge in [0.25, 0.3) is 5.91 Å². The molecule has 1 unspecified atom stereocenters. The van der Waals surface area contributed by atoms with E-state index in [1.54, 1.807) is 11.8 Å². The largest absolute Gasteiger partial charge is 0.467 e. The van der Waals surface area contributed by atoms with Crippen molar-refractivity contribution in [2.45, 2.75) is 102 Å². The van der Waals surface area contributed by atoms with Crippen molar-refractivity contribution in [1.29, 1.82) is 0 Å². The Morgan fingerprint density at radius 3 is 2.29 bits per heavy atom. The number of urea groups is 1. The van der Waals surface area contributed by atoms with E-state index in [0.717, 1.165) is 71.6 Å². The molecule has 3 amide bonds. The molecule has 8 heteroatoms. The summed E-state index contributed by atoms with van der Waals surface area (Å²) >= 11 is 1.63. The first-order valence-corrected chi connectivity index (χ1v) is 19.8. The number of amides is 3. The van der Waals surface area contributed by atoms with Crippen LogP contribution in [-0.4, -0.2) is 66.6 Å². The van der Waals surface area contributed by atoms with Crippen molar-refractivity contribution in [2.75, 3.05) is 32.2 Å². The Labute approximate surface area is 291 Å². The number of thioether (sulfide) groups is 1. The zero-order chi connectivity index (χ0) is 33.7. The normalized spacial score (nSPS) is 25.4. The number of aryl methyl sites for hydroxylation is 1. The second-order valence-electron chi connectivity index (χ2n) is 15.4. The van der Waals surface area contributed by atoms with Gasteiger partial charge in [-0.2, -0.15) is 11.8 Å². The number of nitrogens with one attached hydrogen (secondary N) is 2. The van der Waals surface area contributed by atoms with Crippen molar-refractivity contribution in [1.82, 2.24) is 15.5 Å². The van der Waals surface area contributed by atoms with Gasteiger partial charge in [0.15, 0.2) is 0 Å². The predicted octanol–water partition coefficient (Wildman–Crippen LogP) is 7.79. The van der Waals surface area contributed by atoms with Gasteiger partial charge >= 0.3 is 12.0 Å². The molecule has 0 aliphatic heterocycles. The van der Waals surface area contributed by atoms with Gasteiger partial charge in [-0.3, -0.25) is 4.79 Å². The summed E-state index contributed by atoms with van der Waals surface area (Å²) in [5.74, 6) is 2.93. The molecule has 7 rings (SSSR count). The van der Waals surface area contributed by atoms with Crippen LogP contribution in [0.3, 0.4) is 0 Å². The highest BCUT2D eigenvalue weighted by atomic mass is 32.2. The maximum atomic E-state index is 14.2. The summed E-state index contributed by atoms with van der Waals surface area (Å²) in [5, 5.41) is 6.61. The topological polar surface area (TPSA) is 87.7 Å². The molecule has 260 valence electrons. The Morgan fingerprint density at radius 2 is 1.65 bits per heavy atom. The first-order chi connectivity index (χ1) is 23.3. The molecule has 48 heavy (non-hydrogen) atoms. The molecular formula is C40H55N3O4S. The van der Waals surface area contributed by atoms with Crippen LogP contribution in [0.1, 0.15) is 98.5 Å². The van der Waals surface area contributed by atoms with Gasteiger partial charge in [-0.1, -0.05) is 55.7 Å². The highest BCUT2D eigenvalue weighted by Gasteiger charge is 2.51. The first kappa shape index (κ1) is 34.8. The van der Waals surface area contributed by atoms with E-state index in [1.807, 2.05) is 36.6 Å². The van der Waals surface area contributed by atoms with Crippen LogP contribution in [0.4, 0.5) is 4.79 Å². The van der Waals surface area contributed by atoms with Gasteiger partial charge < -0.3 is 20.3 Å². The molecule has 1 atom stereocenters. The summed E-state index contributed by atoms with van der Waals surface area (Å²) in [6.45, 7) is 3.51. The summed E-state index contributed by atoms with van der Waals surface area (Å²) in [4.78, 5) is 42.6. The van der Waals surface area contributed by atoms with Gasteiger partial charge in [0.1, 0.15) is 6.04 Å². The fourth-order valence-corrected chi connectivity index (χ4v) is 10.2. The van der Waals surface area contributed by atoms with Crippen molar-refractivity contribution in [2.24, 2.45) is 23.7 Å². The third-order valence-electron chi connectivity index (χ3n) is 11.7. The zero-order valence-electron chi connectivity index (χ0n) is 29.2. The monoisotopic (exact) mass is 673 g/mol. The number of benzene rings is 2. The molecular weight excluding hydrogens is 619 g/mol. The van der Waals surface area contributed by atoms with E-state index in [0.29, 0.717) is 30.9 Å². The molecule has 0 spiro atoms. The maximum absolute atomic E-state index is 14.2. The molecule has 5 aliphatic rings. The number of carbonyl (C=O) groups excluding carboxylic acids is 3. The lowest BCUT2D eigenvalue weighted by Crippen LogP contribution is -2.62. The van der Waals surface area contributed by atoms with Crippen molar-refractivity contribution < 1.29 is 19.1 Å². The maximum Gasteiger partial charge on any atom is 0.328 e. The minimum absolute atomic E-state index is 0.0124. The van der Waals surface area contributed by atoms with Gasteiger partial charge in [-0.05, 0) is 135 Å². The molecule has 2 aromatic carbocycles. The van der Waals surface area contributed by atoms with Crippen LogP contribution in [0.15, 0.2) is 42.5 Å². The molecule has 0 aromatic heterocycles. The second kappa shape index (κ2) is 15.7. The Hall–Kier alpha value is -3.00. The number of esters is 1. The molecule has 0 radical (unpaired) electrons. The highest BCUT2D eigenvalue weighted by molar-refractivity contribution is 7.98. The average molecular weight is 674 g/mol. The van der Waals surface area contributed by atoms with Crippen molar-refractivity contribution >= 4 is 29.7 Å². The van der Waals surface area contributed by atoms with E-state index in [9.17, 15) is 14.4 Å². The second-order valence-corrected chi connectivity index (χ2v) is 16.3. The number of hydrogen-bond acceptors (Lipinski definition) is 5. The predicted molar refractivity (Wildman–Crippen MR) is 194 cm³/mol. The van der Waals surface area contributed by atoms with Crippen LogP contribution in [-0.2, 0) is 16.0 Å². The summed E-state index contributed by atoms with van der Waals surface area (Å²) in [6, 6.07) is 13.5.